The number of nitrogens with zero attached hydrogens (tertiary/aromatic N) is 2. The number of allylic oxidation sites excluding steroid dienone is 1. The SMILES string of the molecule is C=C(Br)Cn1cc(S(=O)(=O)Cl)cn1. The number of halogens is 2. The molecule has 1 aromatic heterocycles. The molecule has 0 amide bonds. The standard InChI is InChI=1S/C6H6BrClN2O2S/c1-5(7)3-10-4-6(2-9-10)13(8,11)12/h2,4H,1,3H2. The molecule has 1 rings (SSSR count). The fourth-order valence-electron chi connectivity index (χ4n) is 0.733. The van der Waals surface area contributed by atoms with Crippen LogP contribution in [0.4, 0.5) is 0 Å². The van der Waals surface area contributed by atoms with Crippen molar-refractivity contribution in [3.05, 3.63) is 23.5 Å². The van der Waals surface area contributed by atoms with Crippen molar-refractivity contribution < 1.29 is 8.42 Å². The van der Waals surface area contributed by atoms with Crippen LogP contribution in [0, 0.1) is 0 Å². The lowest BCUT2D eigenvalue weighted by Crippen LogP contribution is -1.97. The van der Waals surface area contributed by atoms with Gasteiger partial charge in [0.2, 0.25) is 0 Å². The number of hydrogen-bond acceptors (Lipinski definition) is 3. The quantitative estimate of drug-likeness (QED) is 0.795. The Hall–Kier alpha value is -0.330. The maximum absolute atomic E-state index is 10.8. The van der Waals surface area contributed by atoms with Gasteiger partial charge in [-0.25, -0.2) is 8.42 Å². The number of hydrogen-bond donors (Lipinski definition) is 0. The molecule has 0 N–H and O–H groups in total. The van der Waals surface area contributed by atoms with Gasteiger partial charge in [-0.3, -0.25) is 4.68 Å². The Balaban J connectivity index is 2.94. The van der Waals surface area contributed by atoms with Crippen molar-refractivity contribution in [2.45, 2.75) is 11.4 Å². The second-order valence-corrected chi connectivity index (χ2v) is 6.02. The zero-order chi connectivity index (χ0) is 10.1. The van der Waals surface area contributed by atoms with E-state index in [0.717, 1.165) is 0 Å². The van der Waals surface area contributed by atoms with E-state index in [-0.39, 0.29) is 4.90 Å². The molecule has 0 bridgehead atoms. The largest absolute Gasteiger partial charge is 0.266 e. The van der Waals surface area contributed by atoms with Gasteiger partial charge in [-0.2, -0.15) is 5.10 Å². The third-order valence-electron chi connectivity index (χ3n) is 1.22. The molecule has 0 spiro atoms. The summed E-state index contributed by atoms with van der Waals surface area (Å²) >= 11 is 3.13. The summed E-state index contributed by atoms with van der Waals surface area (Å²) in [6, 6.07) is 0. The van der Waals surface area contributed by atoms with E-state index in [1.165, 1.54) is 17.1 Å². The van der Waals surface area contributed by atoms with Gasteiger partial charge in [-0.05, 0) is 0 Å². The molecule has 0 atom stereocenters. The van der Waals surface area contributed by atoms with Crippen molar-refractivity contribution in [2.75, 3.05) is 0 Å². The lowest BCUT2D eigenvalue weighted by Gasteiger charge is -1.96. The normalized spacial score (nSPS) is 11.5. The van der Waals surface area contributed by atoms with Crippen molar-refractivity contribution in [1.29, 1.82) is 0 Å². The highest BCUT2D eigenvalue weighted by Crippen LogP contribution is 2.14. The van der Waals surface area contributed by atoms with E-state index in [1.807, 2.05) is 0 Å². The molecule has 0 aliphatic heterocycles. The second kappa shape index (κ2) is 3.81. The van der Waals surface area contributed by atoms with Crippen molar-refractivity contribution in [1.82, 2.24) is 9.78 Å². The van der Waals surface area contributed by atoms with Crippen molar-refractivity contribution in [3.8, 4) is 0 Å². The van der Waals surface area contributed by atoms with Gasteiger partial charge in [0.25, 0.3) is 9.05 Å². The summed E-state index contributed by atoms with van der Waals surface area (Å²) < 4.78 is 23.7. The van der Waals surface area contributed by atoms with Crippen LogP contribution >= 0.6 is 26.6 Å². The highest BCUT2D eigenvalue weighted by atomic mass is 79.9. The third-order valence-corrected chi connectivity index (χ3v) is 2.78. The molecule has 1 aromatic rings. The van der Waals surface area contributed by atoms with Crippen LogP contribution in [0.5, 0.6) is 0 Å². The molecule has 72 valence electrons. The summed E-state index contributed by atoms with van der Waals surface area (Å²) in [4.78, 5) is -0.0112. The predicted octanol–water partition coefficient (Wildman–Crippen LogP) is 1.72. The fourth-order valence-corrected chi connectivity index (χ4v) is 1.65. The molecule has 0 aromatic carbocycles. The van der Waals surface area contributed by atoms with E-state index in [1.54, 1.807) is 0 Å². The van der Waals surface area contributed by atoms with E-state index in [0.29, 0.717) is 11.0 Å². The summed E-state index contributed by atoms with van der Waals surface area (Å²) in [7, 11) is 1.42. The van der Waals surface area contributed by atoms with Crippen LogP contribution in [-0.2, 0) is 15.6 Å². The first-order chi connectivity index (χ1) is 5.89. The number of aromatic nitrogens is 2. The molecule has 0 aliphatic rings. The van der Waals surface area contributed by atoms with Gasteiger partial charge < -0.3 is 0 Å². The van der Waals surface area contributed by atoms with Gasteiger partial charge in [0.15, 0.2) is 0 Å². The first-order valence-corrected chi connectivity index (χ1v) is 6.30. The summed E-state index contributed by atoms with van der Waals surface area (Å²) in [6.45, 7) is 4.00. The Morgan fingerprint density at radius 2 is 2.38 bits per heavy atom. The van der Waals surface area contributed by atoms with E-state index < -0.39 is 9.05 Å². The molecule has 1 heterocycles. The highest BCUT2D eigenvalue weighted by molar-refractivity contribution is 9.11. The van der Waals surface area contributed by atoms with E-state index in [9.17, 15) is 8.42 Å². The third kappa shape index (κ3) is 3.13. The van der Waals surface area contributed by atoms with Gasteiger partial charge in [0.05, 0.1) is 12.7 Å². The fraction of sp³-hybridized carbons (Fsp3) is 0.167. The van der Waals surface area contributed by atoms with Gasteiger partial charge in [0, 0.05) is 21.4 Å². The zero-order valence-corrected chi connectivity index (χ0v) is 9.60. The second-order valence-electron chi connectivity index (χ2n) is 2.33. The van der Waals surface area contributed by atoms with E-state index in [4.69, 9.17) is 10.7 Å². The van der Waals surface area contributed by atoms with Crippen LogP contribution < -0.4 is 0 Å². The minimum atomic E-state index is -3.67. The Labute approximate surface area is 88.7 Å². The molecule has 4 nitrogen and oxygen atoms in total. The molecule has 0 fully saturated rings. The smallest absolute Gasteiger partial charge is 0.264 e. The summed E-state index contributed by atoms with van der Waals surface area (Å²) in [5, 5.41) is 3.79. The monoisotopic (exact) mass is 284 g/mol. The average molecular weight is 286 g/mol. The molecular formula is C6H6BrClN2O2S. The van der Waals surface area contributed by atoms with Gasteiger partial charge in [-0.1, -0.05) is 22.5 Å². The molecule has 7 heteroatoms. The summed E-state index contributed by atoms with van der Waals surface area (Å²) in [5.74, 6) is 0. The molecule has 0 saturated carbocycles. The Morgan fingerprint density at radius 1 is 1.77 bits per heavy atom. The molecule has 0 unspecified atom stereocenters. The van der Waals surface area contributed by atoms with E-state index >= 15 is 0 Å². The van der Waals surface area contributed by atoms with Crippen molar-refractivity contribution in [3.63, 3.8) is 0 Å². The average Bonchev–Trinajstić information content (AvgIpc) is 2.32. The van der Waals surface area contributed by atoms with Crippen molar-refractivity contribution in [2.24, 2.45) is 0 Å². The zero-order valence-electron chi connectivity index (χ0n) is 6.44. The van der Waals surface area contributed by atoms with Gasteiger partial charge in [-0.15, -0.1) is 0 Å². The highest BCUT2D eigenvalue weighted by Gasteiger charge is 2.12. The summed E-state index contributed by atoms with van der Waals surface area (Å²) in [5.41, 5.74) is 0. The minimum Gasteiger partial charge on any atom is -0.266 e. The van der Waals surface area contributed by atoms with Crippen LogP contribution in [0.25, 0.3) is 0 Å². The lowest BCUT2D eigenvalue weighted by atomic mass is 10.6. The van der Waals surface area contributed by atoms with Crippen LogP contribution in [-0.4, -0.2) is 18.2 Å². The lowest BCUT2D eigenvalue weighted by molar-refractivity contribution is 0.609. The van der Waals surface area contributed by atoms with Crippen LogP contribution in [0.15, 0.2) is 28.4 Å². The molecular weight excluding hydrogens is 280 g/mol. The molecule has 0 aliphatic carbocycles. The molecule has 0 saturated heterocycles. The maximum atomic E-state index is 10.8. The summed E-state index contributed by atoms with van der Waals surface area (Å²) in [6.07, 6.45) is 2.53. The maximum Gasteiger partial charge on any atom is 0.264 e. The topological polar surface area (TPSA) is 52.0 Å². The Kier molecular flexibility index (Phi) is 3.15. The Bertz CT molecular complexity index is 426. The predicted molar refractivity (Wildman–Crippen MR) is 53.3 cm³/mol. The van der Waals surface area contributed by atoms with Gasteiger partial charge >= 0.3 is 0 Å². The van der Waals surface area contributed by atoms with E-state index in [2.05, 4.69) is 27.6 Å². The van der Waals surface area contributed by atoms with Crippen LogP contribution in [0.1, 0.15) is 0 Å². The molecule has 13 heavy (non-hydrogen) atoms. The molecule has 0 radical (unpaired) electrons. The number of rotatable bonds is 3. The minimum absolute atomic E-state index is 0.0112. The van der Waals surface area contributed by atoms with Crippen LogP contribution in [0.2, 0.25) is 0 Å². The first-order valence-electron chi connectivity index (χ1n) is 3.20. The van der Waals surface area contributed by atoms with Crippen molar-refractivity contribution >= 4 is 35.7 Å². The Morgan fingerprint density at radius 3 is 2.77 bits per heavy atom. The first kappa shape index (κ1) is 10.7. The van der Waals surface area contributed by atoms with Gasteiger partial charge in [0.1, 0.15) is 4.90 Å². The van der Waals surface area contributed by atoms with Crippen LogP contribution in [0.3, 0.4) is 0 Å².